The molecule has 4 rings (SSSR count). The Balaban J connectivity index is 1.45. The van der Waals surface area contributed by atoms with Crippen LogP contribution >= 0.6 is 23.4 Å². The molecule has 1 aromatic carbocycles. The Labute approximate surface area is 195 Å². The molecule has 2 aliphatic rings. The van der Waals surface area contributed by atoms with Gasteiger partial charge in [0.25, 0.3) is 18.8 Å². The van der Waals surface area contributed by atoms with Crippen LogP contribution in [-0.4, -0.2) is 60.8 Å². The lowest BCUT2D eigenvalue weighted by atomic mass is 10.1. The Morgan fingerprint density at radius 2 is 1.94 bits per heavy atom. The summed E-state index contributed by atoms with van der Waals surface area (Å²) < 4.78 is 54.4. The fraction of sp³-hybridized carbons (Fsp3) is 0.500. The van der Waals surface area contributed by atoms with E-state index in [0.717, 1.165) is 29.6 Å². The van der Waals surface area contributed by atoms with E-state index in [0.29, 0.717) is 16.7 Å². The van der Waals surface area contributed by atoms with Gasteiger partial charge in [-0.15, -0.1) is 10.2 Å². The Morgan fingerprint density at radius 1 is 1.24 bits per heavy atom. The van der Waals surface area contributed by atoms with E-state index in [-0.39, 0.29) is 16.8 Å². The largest absolute Gasteiger partial charge is 0.364 e. The van der Waals surface area contributed by atoms with E-state index < -0.39 is 42.4 Å². The lowest BCUT2D eigenvalue weighted by Crippen LogP contribution is -2.52. The van der Waals surface area contributed by atoms with E-state index in [1.165, 1.54) is 0 Å². The van der Waals surface area contributed by atoms with Gasteiger partial charge in [0.1, 0.15) is 11.5 Å². The van der Waals surface area contributed by atoms with Crippen molar-refractivity contribution in [1.29, 1.82) is 0 Å². The van der Waals surface area contributed by atoms with E-state index in [4.69, 9.17) is 11.6 Å². The first-order valence-corrected chi connectivity index (χ1v) is 11.5. The number of halogens is 5. The van der Waals surface area contributed by atoms with Crippen LogP contribution in [0.4, 0.5) is 17.6 Å². The van der Waals surface area contributed by atoms with Gasteiger partial charge in [0, 0.05) is 23.9 Å². The standard InChI is InChI=1S/C20H20ClF4N5O2S/c1-2-29-17(13-7-12(13)10-3-5-11(21)6-4-10)26-27-19(29)33-9-15(31)30-20(32,18(24)25)8-14(28-30)16(22)23/h3-6,12-13,16,18,32H,2,7-9H2,1H3/t12-,13+,20-/m1/s1. The smallest absolute Gasteiger partial charge is 0.287 e. The number of hydrogen-bond acceptors (Lipinski definition) is 6. The molecule has 1 aromatic heterocycles. The second-order valence-electron chi connectivity index (χ2n) is 7.83. The Morgan fingerprint density at radius 3 is 2.55 bits per heavy atom. The molecule has 1 aliphatic heterocycles. The molecule has 1 saturated carbocycles. The average molecular weight is 506 g/mol. The third kappa shape index (κ3) is 4.60. The predicted octanol–water partition coefficient (Wildman–Crippen LogP) is 4.12. The number of hydrogen-bond donors (Lipinski definition) is 1. The van der Waals surface area contributed by atoms with Crippen molar-refractivity contribution in [2.24, 2.45) is 5.10 Å². The fourth-order valence-corrected chi connectivity index (χ4v) is 4.86. The van der Waals surface area contributed by atoms with Gasteiger partial charge in [0.2, 0.25) is 5.72 Å². The third-order valence-corrected chi connectivity index (χ3v) is 6.88. The lowest BCUT2D eigenvalue weighted by molar-refractivity contribution is -0.190. The summed E-state index contributed by atoms with van der Waals surface area (Å²) in [6.45, 7) is 2.40. The zero-order valence-corrected chi connectivity index (χ0v) is 18.9. The molecule has 1 amide bonds. The summed E-state index contributed by atoms with van der Waals surface area (Å²) in [7, 11) is 0. The molecule has 0 unspecified atom stereocenters. The van der Waals surface area contributed by atoms with Crippen molar-refractivity contribution in [3.63, 3.8) is 0 Å². The number of hydrazone groups is 1. The number of nitrogens with zero attached hydrogens (tertiary/aromatic N) is 5. The SMILES string of the molecule is CCn1c(SCC(=O)N2N=C(C(F)F)C[C@@]2(O)C(F)F)nnc1[C@H]1C[C@@H]1c1ccc(Cl)cc1. The molecule has 13 heteroatoms. The van der Waals surface area contributed by atoms with Crippen LogP contribution in [0.5, 0.6) is 0 Å². The van der Waals surface area contributed by atoms with Gasteiger partial charge >= 0.3 is 0 Å². The van der Waals surface area contributed by atoms with Gasteiger partial charge in [0.15, 0.2) is 5.16 Å². The molecule has 178 valence electrons. The number of carbonyl (C=O) groups is 1. The van der Waals surface area contributed by atoms with Crippen molar-refractivity contribution >= 4 is 35.0 Å². The van der Waals surface area contributed by atoms with Gasteiger partial charge in [-0.25, -0.2) is 17.6 Å². The van der Waals surface area contributed by atoms with Crippen molar-refractivity contribution in [3.8, 4) is 0 Å². The van der Waals surface area contributed by atoms with Crippen molar-refractivity contribution in [2.45, 2.75) is 61.9 Å². The molecule has 0 spiro atoms. The van der Waals surface area contributed by atoms with E-state index in [1.807, 2.05) is 35.8 Å². The van der Waals surface area contributed by atoms with Crippen molar-refractivity contribution in [1.82, 2.24) is 19.8 Å². The number of amides is 1. The van der Waals surface area contributed by atoms with Gasteiger partial charge in [0.05, 0.1) is 5.75 Å². The van der Waals surface area contributed by atoms with Crippen molar-refractivity contribution in [3.05, 3.63) is 40.7 Å². The van der Waals surface area contributed by atoms with Gasteiger partial charge in [-0.05, 0) is 37.0 Å². The number of aromatic nitrogens is 3. The van der Waals surface area contributed by atoms with E-state index in [2.05, 4.69) is 15.3 Å². The highest BCUT2D eigenvalue weighted by atomic mass is 35.5. The van der Waals surface area contributed by atoms with E-state index in [1.54, 1.807) is 0 Å². The number of thioether (sulfide) groups is 1. The van der Waals surface area contributed by atoms with Crippen molar-refractivity contribution < 1.29 is 27.5 Å². The van der Waals surface area contributed by atoms with E-state index in [9.17, 15) is 27.5 Å². The van der Waals surface area contributed by atoms with Crippen LogP contribution in [-0.2, 0) is 11.3 Å². The molecule has 0 saturated heterocycles. The maximum atomic E-state index is 13.3. The second-order valence-corrected chi connectivity index (χ2v) is 9.21. The first-order chi connectivity index (χ1) is 15.7. The first kappa shape index (κ1) is 24.0. The number of benzene rings is 1. The topological polar surface area (TPSA) is 83.6 Å². The average Bonchev–Trinajstić information content (AvgIpc) is 3.31. The van der Waals surface area contributed by atoms with Crippen LogP contribution in [0.25, 0.3) is 0 Å². The fourth-order valence-electron chi connectivity index (χ4n) is 3.88. The van der Waals surface area contributed by atoms with Crippen LogP contribution in [0.1, 0.15) is 43.0 Å². The maximum absolute atomic E-state index is 13.3. The zero-order valence-electron chi connectivity index (χ0n) is 17.3. The van der Waals surface area contributed by atoms with Crippen LogP contribution < -0.4 is 0 Å². The highest BCUT2D eigenvalue weighted by Gasteiger charge is 2.53. The number of aliphatic hydroxyl groups is 1. The first-order valence-electron chi connectivity index (χ1n) is 10.2. The Kier molecular flexibility index (Phi) is 6.70. The lowest BCUT2D eigenvalue weighted by Gasteiger charge is -2.29. The highest BCUT2D eigenvalue weighted by molar-refractivity contribution is 7.99. The molecule has 1 fully saturated rings. The van der Waals surface area contributed by atoms with Gasteiger partial charge < -0.3 is 9.67 Å². The minimum absolute atomic E-state index is 0.0666. The molecule has 3 atom stereocenters. The molecule has 1 aliphatic carbocycles. The monoisotopic (exact) mass is 505 g/mol. The number of carbonyl (C=O) groups excluding carboxylic acids is 1. The molecule has 1 N–H and O–H groups in total. The third-order valence-electron chi connectivity index (χ3n) is 5.68. The molecule has 0 bridgehead atoms. The Hall–Kier alpha value is -2.18. The highest BCUT2D eigenvalue weighted by Crippen LogP contribution is 2.54. The minimum Gasteiger partial charge on any atom is -0.364 e. The number of alkyl halides is 4. The number of rotatable bonds is 8. The molecule has 0 radical (unpaired) electrons. The summed E-state index contributed by atoms with van der Waals surface area (Å²) in [5.74, 6) is -0.307. The summed E-state index contributed by atoms with van der Waals surface area (Å²) in [5.41, 5.74) is -2.92. The van der Waals surface area contributed by atoms with Crippen LogP contribution in [0, 0.1) is 0 Å². The summed E-state index contributed by atoms with van der Waals surface area (Å²) in [5, 5.41) is 22.9. The van der Waals surface area contributed by atoms with Gasteiger partial charge in [-0.1, -0.05) is 35.5 Å². The van der Waals surface area contributed by atoms with Crippen LogP contribution in [0.15, 0.2) is 34.5 Å². The molecular formula is C20H20ClF4N5O2S. The minimum atomic E-state index is -3.46. The van der Waals surface area contributed by atoms with Crippen LogP contribution in [0.2, 0.25) is 5.02 Å². The molecular weight excluding hydrogens is 486 g/mol. The Bertz CT molecular complexity index is 1070. The summed E-state index contributed by atoms with van der Waals surface area (Å²) >= 11 is 6.87. The molecule has 7 nitrogen and oxygen atoms in total. The van der Waals surface area contributed by atoms with E-state index >= 15 is 0 Å². The summed E-state index contributed by atoms with van der Waals surface area (Å²) in [6, 6.07) is 7.57. The summed E-state index contributed by atoms with van der Waals surface area (Å²) in [6.07, 6.45) is -6.85. The normalized spacial score (nSPS) is 24.6. The van der Waals surface area contributed by atoms with Crippen LogP contribution in [0.3, 0.4) is 0 Å². The van der Waals surface area contributed by atoms with Gasteiger partial charge in [-0.3, -0.25) is 4.79 Å². The zero-order chi connectivity index (χ0) is 23.9. The molecule has 33 heavy (non-hydrogen) atoms. The molecule has 2 heterocycles. The van der Waals surface area contributed by atoms with Gasteiger partial charge in [-0.2, -0.15) is 10.1 Å². The molecule has 2 aromatic rings. The van der Waals surface area contributed by atoms with Crippen molar-refractivity contribution in [2.75, 3.05) is 5.75 Å². The summed E-state index contributed by atoms with van der Waals surface area (Å²) in [4.78, 5) is 12.5. The maximum Gasteiger partial charge on any atom is 0.287 e. The predicted molar refractivity (Wildman–Crippen MR) is 114 cm³/mol. The second kappa shape index (κ2) is 9.22. The quantitative estimate of drug-likeness (QED) is 0.431.